The molecule has 1 amide bonds. The lowest BCUT2D eigenvalue weighted by molar-refractivity contribution is 0.0944. The molecule has 0 aliphatic heterocycles. The maximum Gasteiger partial charge on any atom is 0.270 e. The highest BCUT2D eigenvalue weighted by Gasteiger charge is 2.18. The number of para-hydroxylation sites is 2. The van der Waals surface area contributed by atoms with Crippen molar-refractivity contribution in [2.75, 3.05) is 0 Å². The third-order valence-electron chi connectivity index (χ3n) is 3.48. The molecule has 0 fully saturated rings. The fourth-order valence-corrected chi connectivity index (χ4v) is 2.38. The molecule has 0 spiro atoms. The minimum Gasteiger partial charge on any atom is -0.467 e. The van der Waals surface area contributed by atoms with E-state index >= 15 is 0 Å². The molecule has 4 rings (SSSR count). The van der Waals surface area contributed by atoms with Gasteiger partial charge < -0.3 is 19.7 Å². The Labute approximate surface area is 130 Å². The molecule has 3 aromatic heterocycles. The molecule has 7 nitrogen and oxygen atoms in total. The van der Waals surface area contributed by atoms with E-state index in [1.54, 1.807) is 18.4 Å². The van der Waals surface area contributed by atoms with Crippen molar-refractivity contribution in [1.29, 1.82) is 0 Å². The van der Waals surface area contributed by atoms with Crippen molar-refractivity contribution >= 4 is 16.9 Å². The smallest absolute Gasteiger partial charge is 0.270 e. The van der Waals surface area contributed by atoms with Crippen LogP contribution >= 0.6 is 0 Å². The minimum absolute atomic E-state index is 0.269. The first-order chi connectivity index (χ1) is 11.3. The van der Waals surface area contributed by atoms with E-state index in [1.807, 2.05) is 24.3 Å². The van der Waals surface area contributed by atoms with Gasteiger partial charge >= 0.3 is 0 Å². The van der Waals surface area contributed by atoms with E-state index in [-0.39, 0.29) is 5.91 Å². The van der Waals surface area contributed by atoms with Crippen molar-refractivity contribution in [1.82, 2.24) is 25.3 Å². The summed E-state index contributed by atoms with van der Waals surface area (Å²) in [6.07, 6.45) is 3.04. The Bertz CT molecular complexity index is 919. The largest absolute Gasteiger partial charge is 0.467 e. The molecule has 23 heavy (non-hydrogen) atoms. The number of amides is 1. The highest BCUT2D eigenvalue weighted by molar-refractivity contribution is 5.97. The second-order valence-corrected chi connectivity index (χ2v) is 4.99. The zero-order chi connectivity index (χ0) is 15.6. The fraction of sp³-hybridized carbons (Fsp3) is 0.0625. The van der Waals surface area contributed by atoms with Gasteiger partial charge in [0.1, 0.15) is 17.1 Å². The molecule has 114 valence electrons. The van der Waals surface area contributed by atoms with Crippen molar-refractivity contribution in [3.8, 4) is 11.5 Å². The molecule has 0 bridgehead atoms. The van der Waals surface area contributed by atoms with E-state index in [9.17, 15) is 4.79 Å². The number of aromatic nitrogens is 4. The highest BCUT2D eigenvalue weighted by atomic mass is 16.3. The Morgan fingerprint density at radius 3 is 2.96 bits per heavy atom. The molecule has 1 aromatic carbocycles. The van der Waals surface area contributed by atoms with E-state index < -0.39 is 0 Å². The Morgan fingerprint density at radius 1 is 1.22 bits per heavy atom. The summed E-state index contributed by atoms with van der Waals surface area (Å²) >= 11 is 0. The van der Waals surface area contributed by atoms with Crippen LogP contribution in [0.5, 0.6) is 0 Å². The second kappa shape index (κ2) is 5.45. The number of carbonyl (C=O) groups excluding carboxylic acids is 1. The van der Waals surface area contributed by atoms with Crippen LogP contribution < -0.4 is 5.32 Å². The van der Waals surface area contributed by atoms with Gasteiger partial charge in [-0.3, -0.25) is 4.79 Å². The van der Waals surface area contributed by atoms with E-state index in [2.05, 4.69) is 25.3 Å². The predicted octanol–water partition coefficient (Wildman–Crippen LogP) is 2.48. The maximum absolute atomic E-state index is 12.3. The zero-order valence-corrected chi connectivity index (χ0v) is 12.0. The number of benzene rings is 1. The lowest BCUT2D eigenvalue weighted by Crippen LogP contribution is -2.23. The van der Waals surface area contributed by atoms with Crippen LogP contribution in [0.2, 0.25) is 0 Å². The third kappa shape index (κ3) is 2.48. The van der Waals surface area contributed by atoms with E-state index in [4.69, 9.17) is 4.42 Å². The molecule has 0 unspecified atom stereocenters. The summed E-state index contributed by atoms with van der Waals surface area (Å²) in [7, 11) is 0. The average Bonchev–Trinajstić information content (AvgIpc) is 3.31. The van der Waals surface area contributed by atoms with Gasteiger partial charge in [0, 0.05) is 0 Å². The first kappa shape index (κ1) is 13.3. The van der Waals surface area contributed by atoms with Gasteiger partial charge in [0.05, 0.1) is 30.2 Å². The molecule has 3 N–H and O–H groups in total. The van der Waals surface area contributed by atoms with Gasteiger partial charge in [-0.15, -0.1) is 0 Å². The molecule has 7 heteroatoms. The summed E-state index contributed by atoms with van der Waals surface area (Å²) in [4.78, 5) is 27.1. The molecule has 0 saturated heterocycles. The van der Waals surface area contributed by atoms with Gasteiger partial charge in [-0.05, 0) is 24.3 Å². The molecular weight excluding hydrogens is 294 g/mol. The minimum atomic E-state index is -0.269. The number of rotatable bonds is 4. The van der Waals surface area contributed by atoms with Gasteiger partial charge in [-0.25, -0.2) is 9.97 Å². The molecule has 0 radical (unpaired) electrons. The van der Waals surface area contributed by atoms with Crippen LogP contribution in [0.4, 0.5) is 0 Å². The molecule has 0 aliphatic carbocycles. The van der Waals surface area contributed by atoms with Crippen LogP contribution in [-0.4, -0.2) is 25.8 Å². The quantitative estimate of drug-likeness (QED) is 0.539. The van der Waals surface area contributed by atoms with Crippen molar-refractivity contribution in [2.45, 2.75) is 6.54 Å². The second-order valence-electron chi connectivity index (χ2n) is 4.99. The van der Waals surface area contributed by atoms with Gasteiger partial charge in [-0.2, -0.15) is 0 Å². The van der Waals surface area contributed by atoms with Gasteiger partial charge in [-0.1, -0.05) is 12.1 Å². The van der Waals surface area contributed by atoms with E-state index in [1.165, 1.54) is 6.33 Å². The molecular formula is C16H13N5O2. The molecule has 3 heterocycles. The van der Waals surface area contributed by atoms with Crippen LogP contribution in [0.1, 0.15) is 16.2 Å². The Hall–Kier alpha value is -3.35. The summed E-state index contributed by atoms with van der Waals surface area (Å²) in [6.45, 7) is 0.310. The van der Waals surface area contributed by atoms with Crippen molar-refractivity contribution in [3.05, 3.63) is 60.4 Å². The monoisotopic (exact) mass is 307 g/mol. The molecule has 0 saturated carbocycles. The lowest BCUT2D eigenvalue weighted by Gasteiger charge is -2.02. The lowest BCUT2D eigenvalue weighted by atomic mass is 10.3. The highest BCUT2D eigenvalue weighted by Crippen LogP contribution is 2.21. The number of nitrogens with one attached hydrogen (secondary N) is 3. The number of furan rings is 1. The van der Waals surface area contributed by atoms with E-state index in [0.717, 1.165) is 11.0 Å². The number of hydrogen-bond donors (Lipinski definition) is 3. The number of carbonyl (C=O) groups is 1. The number of H-pyrrole nitrogens is 2. The first-order valence-corrected chi connectivity index (χ1v) is 7.10. The third-order valence-corrected chi connectivity index (χ3v) is 3.48. The number of fused-ring (bicyclic) bond motifs is 1. The van der Waals surface area contributed by atoms with Crippen LogP contribution in [0.3, 0.4) is 0 Å². The summed E-state index contributed by atoms with van der Waals surface area (Å²) in [5.41, 5.74) is 2.56. The SMILES string of the molecule is O=C(NCc1ccco1)c1[nH]cnc1-c1nc2ccccc2[nH]1. The summed E-state index contributed by atoms with van der Waals surface area (Å²) in [5.74, 6) is 0.966. The normalized spacial score (nSPS) is 11.0. The number of aromatic amines is 2. The number of hydrogen-bond acceptors (Lipinski definition) is 4. The Morgan fingerprint density at radius 2 is 2.13 bits per heavy atom. The average molecular weight is 307 g/mol. The number of nitrogens with zero attached hydrogens (tertiary/aromatic N) is 2. The Kier molecular flexibility index (Phi) is 3.16. The molecule has 0 aliphatic rings. The van der Waals surface area contributed by atoms with Crippen LogP contribution in [0.25, 0.3) is 22.6 Å². The predicted molar refractivity (Wildman–Crippen MR) is 83.6 cm³/mol. The first-order valence-electron chi connectivity index (χ1n) is 7.10. The van der Waals surface area contributed by atoms with Crippen LogP contribution in [0, 0.1) is 0 Å². The van der Waals surface area contributed by atoms with E-state index in [0.29, 0.717) is 29.5 Å². The van der Waals surface area contributed by atoms with Gasteiger partial charge in [0.2, 0.25) is 0 Å². The Balaban J connectivity index is 1.61. The number of imidazole rings is 2. The zero-order valence-electron chi connectivity index (χ0n) is 12.0. The van der Waals surface area contributed by atoms with Crippen molar-refractivity contribution in [3.63, 3.8) is 0 Å². The molecule has 4 aromatic rings. The maximum atomic E-state index is 12.3. The topological polar surface area (TPSA) is 99.6 Å². The molecule has 0 atom stereocenters. The van der Waals surface area contributed by atoms with Gasteiger partial charge in [0.25, 0.3) is 5.91 Å². The van der Waals surface area contributed by atoms with Crippen LogP contribution in [0.15, 0.2) is 53.4 Å². The summed E-state index contributed by atoms with van der Waals surface area (Å²) in [5, 5.41) is 2.79. The van der Waals surface area contributed by atoms with Crippen molar-refractivity contribution < 1.29 is 9.21 Å². The van der Waals surface area contributed by atoms with Gasteiger partial charge in [0.15, 0.2) is 5.82 Å². The standard InChI is InChI=1S/C16H13N5O2/c22-16(17-8-10-4-3-7-23-10)14-13(18-9-19-14)15-20-11-5-1-2-6-12(11)21-15/h1-7,9H,8H2,(H,17,22)(H,18,19)(H,20,21). The fourth-order valence-electron chi connectivity index (χ4n) is 2.38. The van der Waals surface area contributed by atoms with Crippen LogP contribution in [-0.2, 0) is 6.54 Å². The summed E-state index contributed by atoms with van der Waals surface area (Å²) in [6, 6.07) is 11.2. The van der Waals surface area contributed by atoms with Crippen molar-refractivity contribution in [2.24, 2.45) is 0 Å². The summed E-state index contributed by atoms with van der Waals surface area (Å²) < 4.78 is 5.20.